The molecule has 0 spiro atoms. The molecule has 3 N–H and O–H groups in total. The predicted molar refractivity (Wildman–Crippen MR) is 82.3 cm³/mol. The van der Waals surface area contributed by atoms with Crippen molar-refractivity contribution < 1.29 is 0 Å². The fourth-order valence-corrected chi connectivity index (χ4v) is 2.80. The van der Waals surface area contributed by atoms with Crippen LogP contribution in [-0.4, -0.2) is 60.6 Å². The van der Waals surface area contributed by atoms with Gasteiger partial charge in [0.05, 0.1) is 0 Å². The van der Waals surface area contributed by atoms with Crippen molar-refractivity contribution in [1.29, 1.82) is 0 Å². The zero-order valence-corrected chi connectivity index (χ0v) is 12.8. The van der Waals surface area contributed by atoms with Crippen LogP contribution in [0, 0.1) is 0 Å². The molecule has 2 rings (SSSR count). The summed E-state index contributed by atoms with van der Waals surface area (Å²) in [4.78, 5) is 9.31. The van der Waals surface area contributed by atoms with Gasteiger partial charge in [-0.2, -0.15) is 0 Å². The van der Waals surface area contributed by atoms with Crippen LogP contribution < -0.4 is 11.3 Å². The smallest absolute Gasteiger partial charge is 0.0433 e. The van der Waals surface area contributed by atoms with Crippen molar-refractivity contribution in [1.82, 2.24) is 20.2 Å². The maximum Gasteiger partial charge on any atom is 0.0433 e. The first-order valence-electron chi connectivity index (χ1n) is 7.42. The molecule has 0 aliphatic carbocycles. The monoisotopic (exact) mass is 277 g/mol. The molecular formula is C15H27N5. The van der Waals surface area contributed by atoms with Crippen LogP contribution in [0.15, 0.2) is 18.3 Å². The quantitative estimate of drug-likeness (QED) is 0.597. The van der Waals surface area contributed by atoms with Gasteiger partial charge < -0.3 is 4.90 Å². The molecule has 2 unspecified atom stereocenters. The first-order valence-corrected chi connectivity index (χ1v) is 7.42. The first kappa shape index (κ1) is 15.4. The molecule has 1 aliphatic rings. The highest BCUT2D eigenvalue weighted by Crippen LogP contribution is 2.13. The Labute approximate surface area is 122 Å². The summed E-state index contributed by atoms with van der Waals surface area (Å²) in [7, 11) is 4.34. The van der Waals surface area contributed by atoms with E-state index in [1.54, 1.807) is 0 Å². The normalized spacial score (nSPS) is 22.9. The molecule has 1 aromatic heterocycles. The van der Waals surface area contributed by atoms with Gasteiger partial charge in [0.25, 0.3) is 0 Å². The lowest BCUT2D eigenvalue weighted by molar-refractivity contribution is 0.0874. The molecule has 0 saturated carbocycles. The third kappa shape index (κ3) is 3.76. The van der Waals surface area contributed by atoms with Gasteiger partial charge in [-0.3, -0.25) is 21.2 Å². The molecule has 5 heteroatoms. The third-order valence-corrected chi connectivity index (χ3v) is 4.30. The molecule has 20 heavy (non-hydrogen) atoms. The van der Waals surface area contributed by atoms with Gasteiger partial charge in [0.2, 0.25) is 0 Å². The zero-order chi connectivity index (χ0) is 14.5. The van der Waals surface area contributed by atoms with Gasteiger partial charge in [0.15, 0.2) is 0 Å². The fourth-order valence-electron chi connectivity index (χ4n) is 2.80. The van der Waals surface area contributed by atoms with E-state index in [2.05, 4.69) is 53.4 Å². The van der Waals surface area contributed by atoms with Crippen LogP contribution in [0.4, 0.5) is 0 Å². The summed E-state index contributed by atoms with van der Waals surface area (Å²) in [6.07, 6.45) is 3.87. The van der Waals surface area contributed by atoms with E-state index in [-0.39, 0.29) is 6.04 Å². The number of rotatable bonds is 5. The number of likely N-dealkylation sites (N-methyl/N-ethyl adjacent to an activating group) is 2. The number of nitrogens with two attached hydrogens (primary N) is 1. The topological polar surface area (TPSA) is 57.4 Å². The summed E-state index contributed by atoms with van der Waals surface area (Å²) >= 11 is 0. The summed E-state index contributed by atoms with van der Waals surface area (Å²) in [5.74, 6) is 5.79. The molecule has 2 heterocycles. The van der Waals surface area contributed by atoms with Crippen molar-refractivity contribution >= 4 is 0 Å². The number of nitrogens with zero attached hydrogens (tertiary/aromatic N) is 3. The van der Waals surface area contributed by atoms with E-state index in [4.69, 9.17) is 5.84 Å². The standard InChI is InChI=1S/C15H27N5/c1-4-12-5-6-13(17-10-12)9-14(18-16)15-11-19(2)7-8-20(15)3/h5-6,10,14-15,18H,4,7-9,11,16H2,1-3H3. The summed E-state index contributed by atoms with van der Waals surface area (Å²) in [6.45, 7) is 5.39. The summed E-state index contributed by atoms with van der Waals surface area (Å²) in [5.41, 5.74) is 5.37. The Morgan fingerprint density at radius 2 is 2.20 bits per heavy atom. The second-order valence-electron chi connectivity index (χ2n) is 5.80. The van der Waals surface area contributed by atoms with Crippen LogP contribution in [0.2, 0.25) is 0 Å². The fraction of sp³-hybridized carbons (Fsp3) is 0.667. The van der Waals surface area contributed by atoms with E-state index in [1.807, 2.05) is 6.20 Å². The van der Waals surface area contributed by atoms with E-state index in [0.29, 0.717) is 6.04 Å². The van der Waals surface area contributed by atoms with E-state index in [9.17, 15) is 0 Å². The van der Waals surface area contributed by atoms with E-state index in [1.165, 1.54) is 5.56 Å². The number of pyridine rings is 1. The molecule has 0 amide bonds. The average molecular weight is 277 g/mol. The van der Waals surface area contributed by atoms with Crippen LogP contribution in [0.5, 0.6) is 0 Å². The molecule has 1 saturated heterocycles. The summed E-state index contributed by atoms with van der Waals surface area (Å²) < 4.78 is 0. The van der Waals surface area contributed by atoms with Crippen LogP contribution in [0.1, 0.15) is 18.2 Å². The highest BCUT2D eigenvalue weighted by atomic mass is 15.3. The molecule has 1 aromatic rings. The van der Waals surface area contributed by atoms with Crippen LogP contribution in [0.3, 0.4) is 0 Å². The van der Waals surface area contributed by atoms with Crippen molar-refractivity contribution in [3.8, 4) is 0 Å². The molecule has 0 radical (unpaired) electrons. The number of hydrazine groups is 1. The van der Waals surface area contributed by atoms with Gasteiger partial charge in [-0.1, -0.05) is 13.0 Å². The molecule has 112 valence electrons. The first-order chi connectivity index (χ1) is 9.63. The Balaban J connectivity index is 2.03. The minimum atomic E-state index is 0.225. The lowest BCUT2D eigenvalue weighted by Gasteiger charge is -2.41. The van der Waals surface area contributed by atoms with Gasteiger partial charge in [-0.05, 0) is 32.1 Å². The van der Waals surface area contributed by atoms with Crippen LogP contribution in [0.25, 0.3) is 0 Å². The lowest BCUT2D eigenvalue weighted by Crippen LogP contribution is -2.60. The van der Waals surface area contributed by atoms with Crippen molar-refractivity contribution in [2.45, 2.75) is 31.8 Å². The number of aryl methyl sites for hydroxylation is 1. The largest absolute Gasteiger partial charge is 0.303 e. The minimum Gasteiger partial charge on any atom is -0.303 e. The highest BCUT2D eigenvalue weighted by molar-refractivity contribution is 5.15. The van der Waals surface area contributed by atoms with Gasteiger partial charge in [0.1, 0.15) is 0 Å². The number of nitrogens with one attached hydrogen (secondary N) is 1. The Hall–Kier alpha value is -1.01. The molecule has 5 nitrogen and oxygen atoms in total. The van der Waals surface area contributed by atoms with Crippen LogP contribution in [-0.2, 0) is 12.8 Å². The number of hydrogen-bond donors (Lipinski definition) is 2. The molecule has 1 fully saturated rings. The average Bonchev–Trinajstić information content (AvgIpc) is 2.48. The SMILES string of the molecule is CCc1ccc(CC(NN)C2CN(C)CCN2C)nc1. The van der Waals surface area contributed by atoms with E-state index in [0.717, 1.165) is 38.2 Å². The number of piperazine rings is 1. The van der Waals surface area contributed by atoms with E-state index < -0.39 is 0 Å². The maximum absolute atomic E-state index is 5.79. The zero-order valence-electron chi connectivity index (χ0n) is 12.8. The van der Waals surface area contributed by atoms with Gasteiger partial charge in [-0.15, -0.1) is 0 Å². The van der Waals surface area contributed by atoms with Crippen molar-refractivity contribution in [2.24, 2.45) is 5.84 Å². The van der Waals surface area contributed by atoms with Gasteiger partial charge in [0, 0.05) is 50.0 Å². The molecule has 1 aliphatic heterocycles. The van der Waals surface area contributed by atoms with E-state index >= 15 is 0 Å². The second-order valence-corrected chi connectivity index (χ2v) is 5.80. The predicted octanol–water partition coefficient (Wildman–Crippen LogP) is 0.264. The highest BCUT2D eigenvalue weighted by Gasteiger charge is 2.29. The molecular weight excluding hydrogens is 250 g/mol. The minimum absolute atomic E-state index is 0.225. The Bertz CT molecular complexity index is 405. The maximum atomic E-state index is 5.79. The van der Waals surface area contributed by atoms with Crippen LogP contribution >= 0.6 is 0 Å². The number of aromatic nitrogens is 1. The van der Waals surface area contributed by atoms with Gasteiger partial charge >= 0.3 is 0 Å². The Morgan fingerprint density at radius 3 is 2.80 bits per heavy atom. The van der Waals surface area contributed by atoms with Crippen molar-refractivity contribution in [3.05, 3.63) is 29.6 Å². The third-order valence-electron chi connectivity index (χ3n) is 4.30. The molecule has 2 atom stereocenters. The lowest BCUT2D eigenvalue weighted by atomic mass is 9.99. The second kappa shape index (κ2) is 7.13. The summed E-state index contributed by atoms with van der Waals surface area (Å²) in [5, 5.41) is 0. The summed E-state index contributed by atoms with van der Waals surface area (Å²) in [6, 6.07) is 4.93. The Morgan fingerprint density at radius 1 is 1.40 bits per heavy atom. The van der Waals surface area contributed by atoms with Crippen molar-refractivity contribution in [2.75, 3.05) is 33.7 Å². The molecule has 0 bridgehead atoms. The Kier molecular flexibility index (Phi) is 5.48. The van der Waals surface area contributed by atoms with Gasteiger partial charge in [-0.25, -0.2) is 0 Å². The number of hydrogen-bond acceptors (Lipinski definition) is 5. The van der Waals surface area contributed by atoms with Crippen molar-refractivity contribution in [3.63, 3.8) is 0 Å². The molecule has 0 aromatic carbocycles.